The van der Waals surface area contributed by atoms with E-state index in [4.69, 9.17) is 16.1 Å². The average molecular weight is 475 g/mol. The molecular weight excluding hydrogens is 456 g/mol. The zero-order valence-corrected chi connectivity index (χ0v) is 19.1. The van der Waals surface area contributed by atoms with Crippen LogP contribution in [0.2, 0.25) is 5.02 Å². The number of carbonyl (C=O) groups is 1. The molecular formula is C24H19ClN6O3. The van der Waals surface area contributed by atoms with Crippen LogP contribution in [0.3, 0.4) is 0 Å². The summed E-state index contributed by atoms with van der Waals surface area (Å²) in [7, 11) is 0. The van der Waals surface area contributed by atoms with Gasteiger partial charge in [-0.15, -0.1) is 5.10 Å². The Labute approximate surface area is 198 Å². The van der Waals surface area contributed by atoms with Gasteiger partial charge in [-0.05, 0) is 73.5 Å². The first-order chi connectivity index (χ1) is 16.4. The molecule has 170 valence electrons. The van der Waals surface area contributed by atoms with Crippen LogP contribution in [0.1, 0.15) is 11.1 Å². The third kappa shape index (κ3) is 4.08. The van der Waals surface area contributed by atoms with Gasteiger partial charge >= 0.3 is 5.69 Å². The predicted molar refractivity (Wildman–Crippen MR) is 128 cm³/mol. The van der Waals surface area contributed by atoms with Gasteiger partial charge in [-0.3, -0.25) is 4.79 Å². The van der Waals surface area contributed by atoms with E-state index < -0.39 is 5.69 Å². The summed E-state index contributed by atoms with van der Waals surface area (Å²) in [5.41, 5.74) is 3.90. The van der Waals surface area contributed by atoms with Crippen LogP contribution in [0.5, 0.6) is 0 Å². The molecule has 0 aliphatic heterocycles. The van der Waals surface area contributed by atoms with Crippen molar-refractivity contribution in [3.8, 4) is 22.8 Å². The highest BCUT2D eigenvalue weighted by Gasteiger charge is 2.18. The standard InChI is InChI=1S/C24H19ClN6O3/c1-14-5-10-18(12-15(14)2)26-20(32)13-31-24(33)30-11-3-4-19(22(30)28-31)23-27-21(29-34-23)16-6-8-17(25)9-7-16/h3-12H,13H2,1-2H3,(H,26,32). The molecule has 0 unspecified atom stereocenters. The molecule has 0 fully saturated rings. The molecule has 0 bridgehead atoms. The van der Waals surface area contributed by atoms with Crippen LogP contribution in [0.15, 0.2) is 70.1 Å². The molecule has 1 N–H and O–H groups in total. The van der Waals surface area contributed by atoms with Crippen LogP contribution in [-0.2, 0) is 11.3 Å². The van der Waals surface area contributed by atoms with Gasteiger partial charge in [0.1, 0.15) is 6.54 Å². The predicted octanol–water partition coefficient (Wildman–Crippen LogP) is 4.12. The van der Waals surface area contributed by atoms with Crippen molar-refractivity contribution in [2.24, 2.45) is 0 Å². The van der Waals surface area contributed by atoms with E-state index >= 15 is 0 Å². The van der Waals surface area contributed by atoms with Crippen molar-refractivity contribution in [3.63, 3.8) is 0 Å². The highest BCUT2D eigenvalue weighted by molar-refractivity contribution is 6.30. The first kappa shape index (κ1) is 21.6. The molecule has 0 saturated carbocycles. The van der Waals surface area contributed by atoms with Gasteiger partial charge in [0.2, 0.25) is 11.7 Å². The first-order valence-electron chi connectivity index (χ1n) is 10.4. The fourth-order valence-corrected chi connectivity index (χ4v) is 3.64. The summed E-state index contributed by atoms with van der Waals surface area (Å²) < 4.78 is 7.88. The summed E-state index contributed by atoms with van der Waals surface area (Å²) in [5.74, 6) is 0.216. The van der Waals surface area contributed by atoms with Gasteiger partial charge in [-0.2, -0.15) is 4.98 Å². The van der Waals surface area contributed by atoms with E-state index in [1.807, 2.05) is 32.0 Å². The van der Waals surface area contributed by atoms with E-state index in [1.165, 1.54) is 4.40 Å². The smallest absolute Gasteiger partial charge is 0.333 e. The lowest BCUT2D eigenvalue weighted by Gasteiger charge is -2.07. The summed E-state index contributed by atoms with van der Waals surface area (Å²) in [6.45, 7) is 3.72. The molecule has 5 aromatic rings. The summed E-state index contributed by atoms with van der Waals surface area (Å²) in [5, 5.41) is 11.8. The van der Waals surface area contributed by atoms with Gasteiger partial charge in [0, 0.05) is 22.5 Å². The number of amides is 1. The average Bonchev–Trinajstić information content (AvgIpc) is 3.42. The molecule has 0 radical (unpaired) electrons. The third-order valence-electron chi connectivity index (χ3n) is 5.45. The van der Waals surface area contributed by atoms with Crippen molar-refractivity contribution in [1.82, 2.24) is 24.3 Å². The molecule has 0 saturated heterocycles. The maximum atomic E-state index is 12.9. The Morgan fingerprint density at radius 2 is 1.88 bits per heavy atom. The van der Waals surface area contributed by atoms with Crippen LogP contribution >= 0.6 is 11.6 Å². The van der Waals surface area contributed by atoms with Crippen molar-refractivity contribution in [2.75, 3.05) is 5.32 Å². The second-order valence-corrected chi connectivity index (χ2v) is 8.27. The van der Waals surface area contributed by atoms with Gasteiger partial charge in [-0.1, -0.05) is 22.8 Å². The van der Waals surface area contributed by atoms with E-state index in [0.717, 1.165) is 21.4 Å². The molecule has 0 aliphatic carbocycles. The molecule has 9 nitrogen and oxygen atoms in total. The largest absolute Gasteiger partial charge is 0.350 e. The minimum atomic E-state index is -0.454. The van der Waals surface area contributed by atoms with Gasteiger partial charge in [-0.25, -0.2) is 13.9 Å². The molecule has 5 rings (SSSR count). The Kier molecular flexibility index (Phi) is 5.46. The molecule has 10 heteroatoms. The molecule has 0 spiro atoms. The lowest BCUT2D eigenvalue weighted by atomic mass is 10.1. The number of carbonyl (C=O) groups excluding carboxylic acids is 1. The fraction of sp³-hybridized carbons (Fsp3) is 0.125. The summed E-state index contributed by atoms with van der Waals surface area (Å²) in [4.78, 5) is 29.9. The quantitative estimate of drug-likeness (QED) is 0.410. The molecule has 0 aliphatic rings. The van der Waals surface area contributed by atoms with E-state index in [1.54, 1.807) is 42.6 Å². The highest BCUT2D eigenvalue weighted by Crippen LogP contribution is 2.25. The number of nitrogens with zero attached hydrogens (tertiary/aromatic N) is 5. The Bertz CT molecular complexity index is 1580. The lowest BCUT2D eigenvalue weighted by Crippen LogP contribution is -2.28. The van der Waals surface area contributed by atoms with Crippen LogP contribution in [0.4, 0.5) is 5.69 Å². The number of anilines is 1. The van der Waals surface area contributed by atoms with E-state index in [9.17, 15) is 9.59 Å². The SMILES string of the molecule is Cc1ccc(NC(=O)Cn2nc3c(-c4nc(-c5ccc(Cl)cc5)no4)cccn3c2=O)cc1C. The molecule has 3 aromatic heterocycles. The Hall–Kier alpha value is -4.24. The van der Waals surface area contributed by atoms with E-state index in [-0.39, 0.29) is 18.3 Å². The Morgan fingerprint density at radius 1 is 1.09 bits per heavy atom. The van der Waals surface area contributed by atoms with Crippen LogP contribution in [-0.4, -0.2) is 30.2 Å². The van der Waals surface area contributed by atoms with Crippen molar-refractivity contribution in [1.29, 1.82) is 0 Å². The number of benzene rings is 2. The van der Waals surface area contributed by atoms with Crippen molar-refractivity contribution < 1.29 is 9.32 Å². The maximum Gasteiger partial charge on any atom is 0.350 e. The van der Waals surface area contributed by atoms with Crippen LogP contribution in [0.25, 0.3) is 28.5 Å². The summed E-state index contributed by atoms with van der Waals surface area (Å²) in [6.07, 6.45) is 1.57. The maximum absolute atomic E-state index is 12.9. The minimum absolute atomic E-state index is 0.201. The number of fused-ring (bicyclic) bond motifs is 1. The highest BCUT2D eigenvalue weighted by atomic mass is 35.5. The molecule has 3 heterocycles. The molecule has 0 atom stereocenters. The molecule has 1 amide bonds. The number of rotatable bonds is 5. The number of aryl methyl sites for hydroxylation is 2. The number of hydrogen-bond donors (Lipinski definition) is 1. The molecule has 2 aromatic carbocycles. The summed E-state index contributed by atoms with van der Waals surface area (Å²) in [6, 6.07) is 16.1. The Balaban J connectivity index is 1.44. The summed E-state index contributed by atoms with van der Waals surface area (Å²) >= 11 is 5.94. The number of aromatic nitrogens is 5. The second kappa shape index (κ2) is 8.60. The van der Waals surface area contributed by atoms with E-state index in [2.05, 4.69) is 20.6 Å². The van der Waals surface area contributed by atoms with E-state index in [0.29, 0.717) is 27.7 Å². The number of hydrogen-bond acceptors (Lipinski definition) is 6. The number of halogens is 1. The lowest BCUT2D eigenvalue weighted by molar-refractivity contribution is -0.117. The van der Waals surface area contributed by atoms with Crippen molar-refractivity contribution in [3.05, 3.63) is 87.4 Å². The number of nitrogens with one attached hydrogen (secondary N) is 1. The topological polar surface area (TPSA) is 107 Å². The number of pyridine rings is 1. The van der Waals surface area contributed by atoms with Crippen LogP contribution in [0, 0.1) is 13.8 Å². The fourth-order valence-electron chi connectivity index (χ4n) is 3.51. The minimum Gasteiger partial charge on any atom is -0.333 e. The normalized spacial score (nSPS) is 11.1. The zero-order valence-electron chi connectivity index (χ0n) is 18.3. The van der Waals surface area contributed by atoms with Crippen molar-refractivity contribution >= 4 is 28.8 Å². The monoisotopic (exact) mass is 474 g/mol. The van der Waals surface area contributed by atoms with Gasteiger partial charge in [0.15, 0.2) is 5.65 Å². The zero-order chi connectivity index (χ0) is 23.8. The first-order valence-corrected chi connectivity index (χ1v) is 10.8. The van der Waals surface area contributed by atoms with Gasteiger partial charge in [0.25, 0.3) is 5.89 Å². The van der Waals surface area contributed by atoms with Gasteiger partial charge < -0.3 is 9.84 Å². The molecule has 34 heavy (non-hydrogen) atoms. The van der Waals surface area contributed by atoms with Gasteiger partial charge in [0.05, 0.1) is 5.56 Å². The van der Waals surface area contributed by atoms with Crippen molar-refractivity contribution in [2.45, 2.75) is 20.4 Å². The van der Waals surface area contributed by atoms with Crippen LogP contribution < -0.4 is 11.0 Å². The third-order valence-corrected chi connectivity index (χ3v) is 5.70. The second-order valence-electron chi connectivity index (χ2n) is 7.83. The Morgan fingerprint density at radius 3 is 2.65 bits per heavy atom.